The number of pyridine rings is 1. The quantitative estimate of drug-likeness (QED) is 0.470. The van der Waals surface area contributed by atoms with Gasteiger partial charge in [0.1, 0.15) is 17.1 Å². The molecule has 0 bridgehead atoms. The van der Waals surface area contributed by atoms with Gasteiger partial charge in [0, 0.05) is 41.4 Å². The fourth-order valence-corrected chi connectivity index (χ4v) is 4.56. The van der Waals surface area contributed by atoms with E-state index < -0.39 is 5.60 Å². The molecule has 0 saturated carbocycles. The highest BCUT2D eigenvalue weighted by atomic mass is 16.4. The lowest BCUT2D eigenvalue weighted by Gasteiger charge is -2.30. The summed E-state index contributed by atoms with van der Waals surface area (Å²) in [7, 11) is 0. The van der Waals surface area contributed by atoms with Crippen molar-refractivity contribution in [2.75, 3.05) is 13.1 Å². The predicted octanol–water partition coefficient (Wildman–Crippen LogP) is 3.63. The van der Waals surface area contributed by atoms with Crippen molar-refractivity contribution in [3.63, 3.8) is 0 Å². The monoisotopic (exact) mass is 389 g/mol. The third-order valence-electron chi connectivity index (χ3n) is 6.13. The molecule has 6 heteroatoms. The maximum absolute atomic E-state index is 11.3. The lowest BCUT2D eigenvalue weighted by atomic mass is 9.87. The average molecular weight is 389 g/mol. The van der Waals surface area contributed by atoms with Crippen molar-refractivity contribution in [1.29, 1.82) is 0 Å². The molecular weight excluding hydrogens is 366 g/mol. The number of hydrogen-bond acceptors (Lipinski definition) is 6. The molecule has 1 saturated heterocycles. The van der Waals surface area contributed by atoms with Crippen LogP contribution in [0.5, 0.6) is 0 Å². The van der Waals surface area contributed by atoms with Crippen molar-refractivity contribution < 1.29 is 14.7 Å². The summed E-state index contributed by atoms with van der Waals surface area (Å²) in [6.45, 7) is 1.51. The van der Waals surface area contributed by atoms with Gasteiger partial charge in [-0.1, -0.05) is 29.4 Å². The van der Waals surface area contributed by atoms with Crippen LogP contribution in [-0.2, 0) is 5.60 Å². The first-order valence-corrected chi connectivity index (χ1v) is 9.97. The fraction of sp³-hybridized carbons (Fsp3) is 0.304. The minimum atomic E-state index is -0.975. The highest BCUT2D eigenvalue weighted by molar-refractivity contribution is 6.05. The van der Waals surface area contributed by atoms with Crippen LogP contribution in [0.25, 0.3) is 11.3 Å². The van der Waals surface area contributed by atoms with Crippen LogP contribution in [0.4, 0.5) is 0 Å². The van der Waals surface area contributed by atoms with Crippen LogP contribution in [0.1, 0.15) is 47.6 Å². The zero-order valence-electron chi connectivity index (χ0n) is 16.0. The molecule has 2 aliphatic rings. The van der Waals surface area contributed by atoms with Crippen LogP contribution in [0.15, 0.2) is 64.4 Å². The Bertz CT molecular complexity index is 1050. The Kier molecular flexibility index (Phi) is 4.45. The van der Waals surface area contributed by atoms with Crippen molar-refractivity contribution in [1.82, 2.24) is 10.3 Å². The van der Waals surface area contributed by atoms with Crippen molar-refractivity contribution >= 4 is 5.71 Å². The third-order valence-corrected chi connectivity index (χ3v) is 6.13. The molecule has 148 valence electrons. The van der Waals surface area contributed by atoms with Gasteiger partial charge in [-0.05, 0) is 49.7 Å². The van der Waals surface area contributed by atoms with E-state index in [-0.39, 0.29) is 5.92 Å². The summed E-state index contributed by atoms with van der Waals surface area (Å²) in [6, 6.07) is 13.8. The molecule has 1 aliphatic carbocycles. The number of nitrogens with one attached hydrogen (secondary N) is 1. The van der Waals surface area contributed by atoms with Crippen LogP contribution >= 0.6 is 0 Å². The molecule has 3 heterocycles. The summed E-state index contributed by atoms with van der Waals surface area (Å²) in [6.07, 6.45) is 5.29. The largest absolute Gasteiger partial charge is 0.458 e. The molecule has 6 nitrogen and oxygen atoms in total. The predicted molar refractivity (Wildman–Crippen MR) is 109 cm³/mol. The van der Waals surface area contributed by atoms with Crippen LogP contribution < -0.4 is 5.32 Å². The Hall–Kier alpha value is -2.96. The number of benzene rings is 1. The van der Waals surface area contributed by atoms with Crippen LogP contribution in [0.2, 0.25) is 0 Å². The number of fused-ring (bicyclic) bond motifs is 1. The van der Waals surface area contributed by atoms with Gasteiger partial charge in [-0.15, -0.1) is 0 Å². The van der Waals surface area contributed by atoms with Crippen LogP contribution in [0.3, 0.4) is 0 Å². The summed E-state index contributed by atoms with van der Waals surface area (Å²) >= 11 is 0. The lowest BCUT2D eigenvalue weighted by molar-refractivity contribution is -0.0132. The Morgan fingerprint density at radius 1 is 1.07 bits per heavy atom. The molecule has 1 aliphatic heterocycles. The lowest BCUT2D eigenvalue weighted by Crippen LogP contribution is -2.39. The Labute approximate surface area is 168 Å². The molecular formula is C23H23N3O3. The fourth-order valence-electron chi connectivity index (χ4n) is 4.56. The number of furan rings is 1. The summed E-state index contributed by atoms with van der Waals surface area (Å²) < 4.78 is 6.33. The highest BCUT2D eigenvalue weighted by Gasteiger charge is 2.38. The normalized spacial score (nSPS) is 22.0. The number of rotatable bonds is 3. The van der Waals surface area contributed by atoms with Crippen molar-refractivity contribution in [3.05, 3.63) is 77.3 Å². The number of piperidine rings is 1. The number of nitrogens with zero attached hydrogens (tertiary/aromatic N) is 2. The van der Waals surface area contributed by atoms with Gasteiger partial charge < -0.3 is 20.0 Å². The van der Waals surface area contributed by atoms with Gasteiger partial charge in [-0.25, -0.2) is 0 Å². The van der Waals surface area contributed by atoms with Crippen molar-refractivity contribution in [2.24, 2.45) is 5.16 Å². The van der Waals surface area contributed by atoms with Gasteiger partial charge in [0.15, 0.2) is 0 Å². The Balaban J connectivity index is 1.66. The van der Waals surface area contributed by atoms with E-state index in [1.165, 1.54) is 0 Å². The summed E-state index contributed by atoms with van der Waals surface area (Å²) in [5.41, 5.74) is 3.70. The van der Waals surface area contributed by atoms with E-state index in [1.807, 2.05) is 36.4 Å². The molecule has 1 aromatic carbocycles. The molecule has 0 spiro atoms. The second-order valence-corrected chi connectivity index (χ2v) is 7.80. The standard InChI is InChI=1S/C23H23N3O3/c27-23(7-11-25-12-8-23)21-14-19(22(29-21)15-5-9-24-10-6-15)18-13-20(26-28)17-4-2-1-3-16(17)18/h1-6,9-10,14,18,25,27-28H,7-8,11-13H2/b26-20-. The summed E-state index contributed by atoms with van der Waals surface area (Å²) in [5.74, 6) is 1.35. The molecule has 1 fully saturated rings. The van der Waals surface area contributed by atoms with E-state index in [0.717, 1.165) is 41.1 Å². The first-order chi connectivity index (χ1) is 14.2. The van der Waals surface area contributed by atoms with Crippen molar-refractivity contribution in [2.45, 2.75) is 30.8 Å². The van der Waals surface area contributed by atoms with Gasteiger partial charge in [0.2, 0.25) is 0 Å². The van der Waals surface area contributed by atoms with E-state index in [9.17, 15) is 10.3 Å². The molecule has 3 aromatic rings. The number of hydrogen-bond donors (Lipinski definition) is 3. The second kappa shape index (κ2) is 7.13. The molecule has 1 unspecified atom stereocenters. The molecule has 2 aromatic heterocycles. The first kappa shape index (κ1) is 18.1. The van der Waals surface area contributed by atoms with E-state index in [4.69, 9.17) is 4.42 Å². The van der Waals surface area contributed by atoms with Gasteiger partial charge >= 0.3 is 0 Å². The molecule has 5 rings (SSSR count). The molecule has 3 N–H and O–H groups in total. The SMILES string of the molecule is O/N=C1/CC(c2cc(C3(O)CCNCC3)oc2-c2ccncc2)c2ccccc21. The van der Waals surface area contributed by atoms with E-state index in [1.54, 1.807) is 12.4 Å². The highest BCUT2D eigenvalue weighted by Crippen LogP contribution is 2.46. The number of aliphatic hydroxyl groups is 1. The summed E-state index contributed by atoms with van der Waals surface area (Å²) in [4.78, 5) is 4.12. The van der Waals surface area contributed by atoms with E-state index in [2.05, 4.69) is 21.5 Å². The van der Waals surface area contributed by atoms with Crippen molar-refractivity contribution in [3.8, 4) is 11.3 Å². The van der Waals surface area contributed by atoms with Crippen LogP contribution in [-0.4, -0.2) is 34.1 Å². The minimum absolute atomic E-state index is 0.00285. The number of aromatic nitrogens is 1. The maximum atomic E-state index is 11.3. The van der Waals surface area contributed by atoms with Gasteiger partial charge in [0.25, 0.3) is 0 Å². The van der Waals surface area contributed by atoms with Gasteiger partial charge in [0.05, 0.1) is 5.71 Å². The smallest absolute Gasteiger partial charge is 0.138 e. The zero-order chi connectivity index (χ0) is 19.8. The molecule has 29 heavy (non-hydrogen) atoms. The number of oxime groups is 1. The average Bonchev–Trinajstić information content (AvgIpc) is 3.37. The van der Waals surface area contributed by atoms with E-state index in [0.29, 0.717) is 30.7 Å². The Morgan fingerprint density at radius 2 is 1.83 bits per heavy atom. The molecule has 1 atom stereocenters. The summed E-state index contributed by atoms with van der Waals surface area (Å²) in [5, 5.41) is 27.6. The molecule has 0 radical (unpaired) electrons. The first-order valence-electron chi connectivity index (χ1n) is 9.97. The topological polar surface area (TPSA) is 90.9 Å². The molecule has 0 amide bonds. The maximum Gasteiger partial charge on any atom is 0.138 e. The Morgan fingerprint density at radius 3 is 2.59 bits per heavy atom. The second-order valence-electron chi connectivity index (χ2n) is 7.80. The van der Waals surface area contributed by atoms with E-state index >= 15 is 0 Å². The third kappa shape index (κ3) is 3.05. The van der Waals surface area contributed by atoms with Gasteiger partial charge in [-0.3, -0.25) is 4.98 Å². The van der Waals surface area contributed by atoms with Crippen LogP contribution in [0, 0.1) is 0 Å². The minimum Gasteiger partial charge on any atom is -0.458 e. The zero-order valence-corrected chi connectivity index (χ0v) is 16.0. The van der Waals surface area contributed by atoms with Gasteiger partial charge in [-0.2, -0.15) is 0 Å².